The van der Waals surface area contributed by atoms with Crippen LogP contribution >= 0.6 is 45.1 Å². The average Bonchev–Trinajstić information content (AvgIpc) is 3.60. The molecule has 1 aromatic heterocycles. The minimum atomic E-state index is -5.80. The maximum atomic E-state index is 12.5. The molecule has 1 aliphatic rings. The highest BCUT2D eigenvalue weighted by atomic mass is 33.1. The first-order chi connectivity index (χ1) is 32.6. The van der Waals surface area contributed by atoms with Crippen LogP contribution in [0.15, 0.2) is 15.8 Å². The lowest BCUT2D eigenvalue weighted by molar-refractivity contribution is -0.148. The van der Waals surface area contributed by atoms with Crippen molar-refractivity contribution in [1.29, 1.82) is 0 Å². The van der Waals surface area contributed by atoms with Crippen molar-refractivity contribution >= 4 is 86.6 Å². The zero-order valence-corrected chi connectivity index (χ0v) is 41.2. The summed E-state index contributed by atoms with van der Waals surface area (Å²) in [6.07, 6.45) is -2.70. The second-order valence-corrected chi connectivity index (χ2v) is 22.0. The van der Waals surface area contributed by atoms with Crippen LogP contribution in [0, 0.1) is 17.8 Å². The summed E-state index contributed by atoms with van der Waals surface area (Å²) in [5.74, 6) is -1.06. The third-order valence-corrected chi connectivity index (χ3v) is 15.4. The molecule has 0 radical (unpaired) electrons. The number of nitrogens with one attached hydrogen (secondary N) is 5. The van der Waals surface area contributed by atoms with Gasteiger partial charge in [0.15, 0.2) is 0 Å². The van der Waals surface area contributed by atoms with Crippen molar-refractivity contribution in [3.8, 4) is 11.8 Å². The van der Waals surface area contributed by atoms with Gasteiger partial charge in [0.2, 0.25) is 23.6 Å². The van der Waals surface area contributed by atoms with Crippen molar-refractivity contribution in [2.24, 2.45) is 5.92 Å². The summed E-state index contributed by atoms with van der Waals surface area (Å²) >= 11 is 0. The van der Waals surface area contributed by atoms with E-state index in [1.165, 1.54) is 21.6 Å². The van der Waals surface area contributed by atoms with Crippen LogP contribution in [-0.2, 0) is 65.1 Å². The minimum Gasteiger partial charge on any atom is -0.481 e. The molecular formula is C35H53N6O24P3S2. The smallest absolute Gasteiger partial charge is 0.481 e. The van der Waals surface area contributed by atoms with Gasteiger partial charge >= 0.3 is 47.1 Å². The highest BCUT2D eigenvalue weighted by Gasteiger charge is 2.43. The fourth-order valence-corrected chi connectivity index (χ4v) is 10.9. The van der Waals surface area contributed by atoms with E-state index in [1.807, 2.05) is 10.3 Å². The zero-order chi connectivity index (χ0) is 52.8. The van der Waals surface area contributed by atoms with E-state index >= 15 is 0 Å². The summed E-state index contributed by atoms with van der Waals surface area (Å²) in [5.41, 5.74) is -2.12. The van der Waals surface area contributed by atoms with E-state index in [4.69, 9.17) is 29.8 Å². The Labute approximate surface area is 404 Å². The van der Waals surface area contributed by atoms with Gasteiger partial charge in [0.05, 0.1) is 32.1 Å². The molecule has 0 aliphatic carbocycles. The zero-order valence-electron chi connectivity index (χ0n) is 36.9. The van der Waals surface area contributed by atoms with Crippen molar-refractivity contribution in [1.82, 2.24) is 30.8 Å². The van der Waals surface area contributed by atoms with Crippen molar-refractivity contribution in [2.45, 2.75) is 102 Å². The minimum absolute atomic E-state index is 0.0981. The van der Waals surface area contributed by atoms with Crippen LogP contribution < -0.4 is 32.5 Å². The Kier molecular flexibility index (Phi) is 26.3. The van der Waals surface area contributed by atoms with Crippen molar-refractivity contribution < 1.29 is 105 Å². The van der Waals surface area contributed by atoms with E-state index in [9.17, 15) is 71.7 Å². The monoisotopic (exact) mass is 1100 g/mol. The molecule has 8 atom stereocenters. The van der Waals surface area contributed by atoms with Gasteiger partial charge in [-0.3, -0.25) is 47.6 Å². The molecule has 0 bridgehead atoms. The lowest BCUT2D eigenvalue weighted by Gasteiger charge is -2.19. The molecule has 4 amide bonds. The standard InChI is InChI=1S/C35H53N6O24P3S2/c1-20(31(49)37-11-4-2-3-9-27(44)38-22(15-29(45)46)33(51)39-23(34(52)53)16-30(47)48)7-6-13-69-70-14-10-26(43)36-12-5-8-21-18-41(35(54)40-32(21)50)28-17-24(42)25(63-28)19-62-67(58,59)65-68(60,61)64-66(55,56)57/h18,20,22-25,28,42H,2-4,6-7,9-17,19H2,1H3,(H,36,43)(H,37,49)(H,38,44)(H,39,51)(H,45,46)(H,47,48)(H,52,53)(H,58,59)(H,60,61)(H,40,50,54)(H2,55,56,57)/t20?,22?,23?,24?,25-,28-/m1/s1. The summed E-state index contributed by atoms with van der Waals surface area (Å²) in [6, 6.07) is -3.47. The number of aliphatic carboxylic acids is 3. The molecule has 13 N–H and O–H groups in total. The molecule has 35 heteroatoms. The second-order valence-electron chi connectivity index (χ2n) is 14.9. The Morgan fingerprint density at radius 3 is 2.14 bits per heavy atom. The number of carbonyl (C=O) groups is 7. The van der Waals surface area contributed by atoms with Crippen LogP contribution in [-0.4, -0.2) is 147 Å². The molecule has 30 nitrogen and oxygen atoms in total. The molecule has 394 valence electrons. The van der Waals surface area contributed by atoms with Gasteiger partial charge in [-0.1, -0.05) is 46.8 Å². The lowest BCUT2D eigenvalue weighted by atomic mass is 10.1. The summed E-state index contributed by atoms with van der Waals surface area (Å²) in [5, 5.41) is 46.9. The average molecular weight is 1100 g/mol. The number of aromatic amines is 1. The van der Waals surface area contributed by atoms with E-state index in [-0.39, 0.29) is 49.1 Å². The SMILES string of the molecule is CC(CCCSSCCC(=O)NCC#Cc1cn([C@H]2CC(O)[C@@H](COP(=O)(O)OP(=O)(O)OP(=O)(O)O)O2)c(=O)[nH]c1=O)C(=O)NCCCCCC(=O)NC(CC(=O)O)C(=O)NC(CC(=O)O)C(=O)O. The molecule has 6 unspecified atom stereocenters. The molecule has 0 spiro atoms. The predicted molar refractivity (Wildman–Crippen MR) is 241 cm³/mol. The molecule has 1 fully saturated rings. The number of hydrogen-bond donors (Lipinski definition) is 13. The number of aliphatic hydroxyl groups excluding tert-OH is 1. The van der Waals surface area contributed by atoms with Gasteiger partial charge in [0, 0.05) is 49.4 Å². The van der Waals surface area contributed by atoms with Crippen LogP contribution in [0.3, 0.4) is 0 Å². The van der Waals surface area contributed by atoms with E-state index in [0.29, 0.717) is 50.2 Å². The van der Waals surface area contributed by atoms with Crippen LogP contribution in [0.5, 0.6) is 0 Å². The van der Waals surface area contributed by atoms with Gasteiger partial charge in [0.25, 0.3) is 5.56 Å². The number of amides is 4. The van der Waals surface area contributed by atoms with Crippen molar-refractivity contribution in [3.05, 3.63) is 32.6 Å². The van der Waals surface area contributed by atoms with Crippen molar-refractivity contribution in [3.63, 3.8) is 0 Å². The molecule has 2 rings (SSSR count). The number of carbonyl (C=O) groups excluding carboxylic acids is 4. The molecule has 70 heavy (non-hydrogen) atoms. The first-order valence-electron chi connectivity index (χ1n) is 20.6. The van der Waals surface area contributed by atoms with Gasteiger partial charge in [-0.2, -0.15) is 8.62 Å². The fraction of sp³-hybridized carbons (Fsp3) is 0.629. The van der Waals surface area contributed by atoms with Crippen molar-refractivity contribution in [2.75, 3.05) is 31.2 Å². The molecular weight excluding hydrogens is 1050 g/mol. The predicted octanol–water partition coefficient (Wildman–Crippen LogP) is -1.14. The lowest BCUT2D eigenvalue weighted by Crippen LogP contribution is -2.52. The Hall–Kier alpha value is -4.44. The van der Waals surface area contributed by atoms with Crippen LogP contribution in [0.25, 0.3) is 0 Å². The number of hydrogen-bond acceptors (Lipinski definition) is 19. The molecule has 1 aliphatic heterocycles. The normalized spacial score (nSPS) is 18.6. The number of phosphoric acid groups is 3. The highest BCUT2D eigenvalue weighted by Crippen LogP contribution is 2.66. The number of phosphoric ester groups is 1. The number of nitrogens with zero attached hydrogens (tertiary/aromatic N) is 1. The third-order valence-electron chi connectivity index (χ3n) is 9.11. The molecule has 1 aromatic rings. The molecule has 2 heterocycles. The summed E-state index contributed by atoms with van der Waals surface area (Å²) in [6.45, 7) is 0.926. The van der Waals surface area contributed by atoms with Gasteiger partial charge in [-0.25, -0.2) is 23.3 Å². The van der Waals surface area contributed by atoms with Gasteiger partial charge < -0.3 is 66.0 Å². The van der Waals surface area contributed by atoms with E-state index in [0.717, 1.165) is 10.8 Å². The Balaban J connectivity index is 1.65. The summed E-state index contributed by atoms with van der Waals surface area (Å²) in [7, 11) is -14.0. The number of ether oxygens (including phenoxy) is 1. The van der Waals surface area contributed by atoms with E-state index in [2.05, 4.69) is 40.9 Å². The molecule has 0 saturated carbocycles. The van der Waals surface area contributed by atoms with E-state index in [1.54, 1.807) is 6.92 Å². The number of aliphatic hydroxyl groups is 1. The number of unbranched alkanes of at least 4 members (excludes halogenated alkanes) is 2. The fourth-order valence-electron chi connectivity index (χ4n) is 5.77. The maximum Gasteiger partial charge on any atom is 0.490 e. The third kappa shape index (κ3) is 25.1. The van der Waals surface area contributed by atoms with Gasteiger partial charge in [-0.15, -0.1) is 0 Å². The molecule has 0 aromatic carbocycles. The summed E-state index contributed by atoms with van der Waals surface area (Å²) in [4.78, 5) is 146. The molecule has 1 saturated heterocycles. The van der Waals surface area contributed by atoms with Gasteiger partial charge in [-0.05, 0) is 25.7 Å². The number of aromatic nitrogens is 2. The number of carboxylic acids is 3. The maximum absolute atomic E-state index is 12.5. The highest BCUT2D eigenvalue weighted by molar-refractivity contribution is 8.76. The Morgan fingerprint density at radius 2 is 1.50 bits per heavy atom. The Morgan fingerprint density at radius 1 is 0.843 bits per heavy atom. The number of H-pyrrole nitrogens is 1. The van der Waals surface area contributed by atoms with E-state index < -0.39 is 114 Å². The number of rotatable bonds is 32. The first-order valence-corrected chi connectivity index (χ1v) is 27.6. The van der Waals surface area contributed by atoms with Gasteiger partial charge in [0.1, 0.15) is 30.0 Å². The topological polar surface area (TPSA) is 472 Å². The van der Waals surface area contributed by atoms with Crippen LogP contribution in [0.1, 0.15) is 82.9 Å². The van der Waals surface area contributed by atoms with Crippen LogP contribution in [0.4, 0.5) is 0 Å². The Bertz CT molecular complexity index is 2350. The first kappa shape index (κ1) is 61.7. The number of carboxylic acid groups (broad SMARTS) is 3. The quantitative estimate of drug-likeness (QED) is 0.0176. The van der Waals surface area contributed by atoms with Crippen LogP contribution in [0.2, 0.25) is 0 Å². The summed E-state index contributed by atoms with van der Waals surface area (Å²) < 4.78 is 52.3. The largest absolute Gasteiger partial charge is 0.490 e. The second kappa shape index (κ2) is 29.8.